The van der Waals surface area contributed by atoms with Gasteiger partial charge < -0.3 is 4.42 Å². The number of furan rings is 1. The number of hydrogen-bond donors (Lipinski definition) is 0. The number of halogens is 2. The average Bonchev–Trinajstić information content (AvgIpc) is 2.09. The van der Waals surface area contributed by atoms with Crippen LogP contribution in [0, 0.1) is 25.5 Å². The first-order chi connectivity index (χ1) is 39.6. The number of hydrogen-bond acceptors (Lipinski definition) is 5. The Hall–Kier alpha value is -9.46. The van der Waals surface area contributed by atoms with Crippen LogP contribution in [0.15, 0.2) is 235 Å². The second-order valence-electron chi connectivity index (χ2n) is 23.9. The van der Waals surface area contributed by atoms with Crippen molar-refractivity contribution in [1.82, 2.24) is 9.97 Å². The third-order valence-electron chi connectivity index (χ3n) is 16.3. The van der Waals surface area contributed by atoms with Gasteiger partial charge in [-0.25, -0.2) is 18.7 Å². The number of benzene rings is 9. The number of aromatic nitrogens is 2. The zero-order valence-corrected chi connectivity index (χ0v) is 47.4. The van der Waals surface area contributed by atoms with Gasteiger partial charge in [0.25, 0.3) is 0 Å². The van der Waals surface area contributed by atoms with E-state index in [4.69, 9.17) is 14.4 Å². The fourth-order valence-electron chi connectivity index (χ4n) is 12.3. The van der Waals surface area contributed by atoms with E-state index in [0.29, 0.717) is 28.1 Å². The highest BCUT2D eigenvalue weighted by Crippen LogP contribution is 2.62. The molecule has 7 heteroatoms. The van der Waals surface area contributed by atoms with Crippen LogP contribution in [0.4, 0.5) is 43.2 Å². The number of para-hydroxylation sites is 1. The number of aryl methyl sites for hydroxylation is 2. The zero-order valence-electron chi connectivity index (χ0n) is 47.4. The van der Waals surface area contributed by atoms with Crippen LogP contribution in [-0.4, -0.2) is 9.97 Å². The monoisotopic (exact) mass is 1070 g/mol. The summed E-state index contributed by atoms with van der Waals surface area (Å²) in [5.41, 5.74) is 16.0. The summed E-state index contributed by atoms with van der Waals surface area (Å²) in [6, 6.07) is 73.2. The highest BCUT2D eigenvalue weighted by Gasteiger charge is 2.49. The first kappa shape index (κ1) is 51.9. The zero-order chi connectivity index (χ0) is 56.7. The van der Waals surface area contributed by atoms with Gasteiger partial charge in [0.2, 0.25) is 0 Å². The lowest BCUT2D eigenvalue weighted by molar-refractivity contribution is 0.590. The molecular formula is C75H62F2N4O. The number of nitrogens with zero attached hydrogens (tertiary/aromatic N) is 4. The molecule has 1 aliphatic carbocycles. The fraction of sp³-hybridized carbons (Fsp3) is 0.147. The Bertz CT molecular complexity index is 4360. The Morgan fingerprint density at radius 2 is 0.927 bits per heavy atom. The van der Waals surface area contributed by atoms with Gasteiger partial charge in [0, 0.05) is 51.5 Å². The minimum absolute atomic E-state index is 0.0968. The van der Waals surface area contributed by atoms with Gasteiger partial charge in [-0.3, -0.25) is 9.80 Å². The van der Waals surface area contributed by atoms with E-state index in [1.54, 1.807) is 24.3 Å². The summed E-state index contributed by atoms with van der Waals surface area (Å²) >= 11 is 0. The molecule has 0 aliphatic heterocycles. The maximum atomic E-state index is 16.6. The summed E-state index contributed by atoms with van der Waals surface area (Å²) in [7, 11) is 0. The van der Waals surface area contributed by atoms with Crippen LogP contribution in [0.5, 0.6) is 0 Å². The van der Waals surface area contributed by atoms with E-state index in [2.05, 4.69) is 205 Å². The Kier molecular flexibility index (Phi) is 12.6. The topological polar surface area (TPSA) is 45.4 Å². The Morgan fingerprint density at radius 1 is 0.439 bits per heavy atom. The van der Waals surface area contributed by atoms with Gasteiger partial charge in [0.05, 0.1) is 16.5 Å². The van der Waals surface area contributed by atoms with Crippen LogP contribution >= 0.6 is 0 Å². The molecule has 0 fully saturated rings. The van der Waals surface area contributed by atoms with E-state index >= 15 is 8.78 Å². The lowest BCUT2D eigenvalue weighted by Gasteiger charge is -2.36. The van der Waals surface area contributed by atoms with Gasteiger partial charge >= 0.3 is 0 Å². The molecule has 0 radical (unpaired) electrons. The van der Waals surface area contributed by atoms with E-state index in [-0.39, 0.29) is 10.8 Å². The summed E-state index contributed by atoms with van der Waals surface area (Å²) in [5, 5.41) is 1.78. The molecule has 9 aromatic carbocycles. The van der Waals surface area contributed by atoms with Crippen molar-refractivity contribution in [3.05, 3.63) is 287 Å². The van der Waals surface area contributed by atoms with Gasteiger partial charge in [0.15, 0.2) is 0 Å². The maximum absolute atomic E-state index is 16.6. The highest BCUT2D eigenvalue weighted by atomic mass is 19.1. The molecule has 0 N–H and O–H groups in total. The molecule has 1 aliphatic rings. The van der Waals surface area contributed by atoms with Crippen LogP contribution in [-0.2, 0) is 16.2 Å². The molecule has 0 spiro atoms. The molecule has 13 rings (SSSR count). The molecule has 0 bridgehead atoms. The van der Waals surface area contributed by atoms with Crippen LogP contribution in [0.3, 0.4) is 0 Å². The lowest BCUT2D eigenvalue weighted by atomic mass is 9.67. The second-order valence-corrected chi connectivity index (χ2v) is 23.9. The van der Waals surface area contributed by atoms with Crippen molar-refractivity contribution in [3.63, 3.8) is 0 Å². The molecule has 402 valence electrons. The maximum Gasteiger partial charge on any atom is 0.145 e. The molecule has 3 heterocycles. The lowest BCUT2D eigenvalue weighted by Crippen LogP contribution is -2.29. The summed E-state index contributed by atoms with van der Waals surface area (Å²) in [4.78, 5) is 15.2. The predicted octanol–water partition coefficient (Wildman–Crippen LogP) is 20.5. The molecule has 0 saturated heterocycles. The standard InChI is InChI=1S/C75H62F2N4O/c1-47-39-62(49-19-11-9-12-20-49)71(78-45-47)80(57-33-29-51(30-34-57)73(3,4)5)59-37-38-60-64(43-59)75(53-23-17-25-55(76)41-53,54-24-18-26-56(77)42-54)65-44-66(69-61-27-15-16-28-67(61)82-70(69)68(60)65)81(58-35-31-52(32-36-58)74(6,7)8)72-63(40-48(2)46-79-72)50-21-13-10-14-22-50/h9-46H,1-8H3. The summed E-state index contributed by atoms with van der Waals surface area (Å²) in [5.74, 6) is 0.601. The summed E-state index contributed by atoms with van der Waals surface area (Å²) in [6.07, 6.45) is 3.84. The van der Waals surface area contributed by atoms with Crippen molar-refractivity contribution >= 4 is 56.3 Å². The Labute approximate surface area is 478 Å². The second kappa shape index (κ2) is 20.0. The van der Waals surface area contributed by atoms with Gasteiger partial charge in [-0.05, 0) is 171 Å². The van der Waals surface area contributed by atoms with Crippen LogP contribution in [0.1, 0.15) is 86.1 Å². The van der Waals surface area contributed by atoms with Crippen LogP contribution in [0.25, 0.3) is 55.3 Å². The van der Waals surface area contributed by atoms with E-state index in [1.165, 1.54) is 23.3 Å². The van der Waals surface area contributed by atoms with Crippen molar-refractivity contribution in [1.29, 1.82) is 0 Å². The molecule has 5 nitrogen and oxygen atoms in total. The van der Waals surface area contributed by atoms with Crippen LogP contribution in [0.2, 0.25) is 0 Å². The van der Waals surface area contributed by atoms with Gasteiger partial charge in [-0.15, -0.1) is 0 Å². The molecule has 82 heavy (non-hydrogen) atoms. The first-order valence-electron chi connectivity index (χ1n) is 28.1. The number of anilines is 6. The number of fused-ring (bicyclic) bond motifs is 7. The van der Waals surface area contributed by atoms with Crippen molar-refractivity contribution in [2.75, 3.05) is 9.80 Å². The third-order valence-corrected chi connectivity index (χ3v) is 16.3. The van der Waals surface area contributed by atoms with Crippen molar-refractivity contribution in [2.45, 2.75) is 71.6 Å². The Morgan fingerprint density at radius 3 is 1.45 bits per heavy atom. The minimum atomic E-state index is -1.36. The number of rotatable bonds is 10. The van der Waals surface area contributed by atoms with Crippen molar-refractivity contribution in [3.8, 4) is 33.4 Å². The molecule has 0 saturated carbocycles. The SMILES string of the molecule is Cc1cnc(N(c2ccc(C(C)(C)C)cc2)c2ccc3c(c2)C(c2cccc(F)c2)(c2cccc(F)c2)c2cc(N(c4ccc(C(C)(C)C)cc4)c4ncc(C)cc4-c4ccccc4)c4c(oc5ccccc54)c2-3)c(-c2ccccc2)c1. The normalized spacial score (nSPS) is 12.9. The molecule has 12 aromatic rings. The predicted molar refractivity (Wildman–Crippen MR) is 334 cm³/mol. The van der Waals surface area contributed by atoms with Crippen LogP contribution < -0.4 is 9.80 Å². The third kappa shape index (κ3) is 8.83. The Balaban J connectivity index is 1.18. The summed E-state index contributed by atoms with van der Waals surface area (Å²) in [6.45, 7) is 17.5. The van der Waals surface area contributed by atoms with E-state index < -0.39 is 17.0 Å². The number of pyridine rings is 2. The highest BCUT2D eigenvalue weighted by molar-refractivity contribution is 6.19. The van der Waals surface area contributed by atoms with E-state index in [1.807, 2.05) is 54.9 Å². The molecular weight excluding hydrogens is 1010 g/mol. The first-order valence-corrected chi connectivity index (χ1v) is 28.1. The molecule has 0 amide bonds. The molecule has 3 aromatic heterocycles. The minimum Gasteiger partial charge on any atom is -0.455 e. The molecule has 0 unspecified atom stereocenters. The van der Waals surface area contributed by atoms with Gasteiger partial charge in [0.1, 0.15) is 34.4 Å². The van der Waals surface area contributed by atoms with E-state index in [0.717, 1.165) is 95.0 Å². The molecule has 0 atom stereocenters. The van der Waals surface area contributed by atoms with Gasteiger partial charge in [-0.1, -0.05) is 175 Å². The smallest absolute Gasteiger partial charge is 0.145 e. The quantitative estimate of drug-likeness (QED) is 0.137. The largest absolute Gasteiger partial charge is 0.455 e. The van der Waals surface area contributed by atoms with Crippen molar-refractivity contribution < 1.29 is 13.2 Å². The van der Waals surface area contributed by atoms with E-state index in [9.17, 15) is 0 Å². The summed E-state index contributed by atoms with van der Waals surface area (Å²) < 4.78 is 40.6. The average molecular weight is 1070 g/mol. The van der Waals surface area contributed by atoms with Crippen molar-refractivity contribution in [2.24, 2.45) is 0 Å². The fourth-order valence-corrected chi connectivity index (χ4v) is 12.3. The van der Waals surface area contributed by atoms with Gasteiger partial charge in [-0.2, -0.15) is 0 Å².